The average molecular weight is 677 g/mol. The van der Waals surface area contributed by atoms with Crippen LogP contribution in [0.15, 0.2) is 151 Å². The molecule has 0 saturated carbocycles. The molecule has 52 heavy (non-hydrogen) atoms. The minimum Gasteiger partial charge on any atom is -0.314 e. The van der Waals surface area contributed by atoms with E-state index in [1.807, 2.05) is 0 Å². The van der Waals surface area contributed by atoms with E-state index in [1.165, 1.54) is 83.9 Å². The second kappa shape index (κ2) is 11.6. The molecule has 0 unspecified atom stereocenters. The van der Waals surface area contributed by atoms with Gasteiger partial charge in [-0.1, -0.05) is 151 Å². The van der Waals surface area contributed by atoms with Crippen molar-refractivity contribution in [3.05, 3.63) is 173 Å². The lowest BCUT2D eigenvalue weighted by molar-refractivity contribution is 0.479. The van der Waals surface area contributed by atoms with E-state index in [-0.39, 0.29) is 16.2 Å². The molecule has 0 N–H and O–H groups in total. The Morgan fingerprint density at radius 3 is 1.90 bits per heavy atom. The molecule has 2 heterocycles. The standard InChI is InChI=1S/C50H48N2/c1-48(2,3)36-25-29-38(30-26-36)51(44-21-12-15-34-14-8-9-16-39(34)44)37-27-22-33(23-28-37)35-24-31-46-43(32-35)50(6,7)42-19-13-18-41-47(42)52(46)45-20-11-10-17-40(45)49(41,4)5/h8-25,27-29,31-32H,26,30H2,1-7H3. The maximum Gasteiger partial charge on any atom is 0.0543 e. The molecule has 2 heteroatoms. The van der Waals surface area contributed by atoms with E-state index in [1.54, 1.807) is 0 Å². The molecule has 258 valence electrons. The van der Waals surface area contributed by atoms with Crippen LogP contribution in [0.5, 0.6) is 0 Å². The first-order valence-corrected chi connectivity index (χ1v) is 18.9. The molecule has 2 nitrogen and oxygen atoms in total. The van der Waals surface area contributed by atoms with E-state index in [0.717, 1.165) is 12.8 Å². The van der Waals surface area contributed by atoms with Gasteiger partial charge in [0.05, 0.1) is 22.7 Å². The van der Waals surface area contributed by atoms with Crippen molar-refractivity contribution in [2.75, 3.05) is 9.80 Å². The molecule has 0 aromatic heterocycles. The molecule has 0 bridgehead atoms. The number of rotatable bonds is 4. The zero-order chi connectivity index (χ0) is 36.0. The van der Waals surface area contributed by atoms with Gasteiger partial charge in [0.2, 0.25) is 0 Å². The van der Waals surface area contributed by atoms with Crippen molar-refractivity contribution in [1.82, 2.24) is 0 Å². The number of benzene rings is 6. The number of nitrogens with zero attached hydrogens (tertiary/aromatic N) is 2. The number of allylic oxidation sites excluding steroid dienone is 4. The summed E-state index contributed by atoms with van der Waals surface area (Å²) in [7, 11) is 0. The highest BCUT2D eigenvalue weighted by Gasteiger charge is 2.45. The van der Waals surface area contributed by atoms with Gasteiger partial charge < -0.3 is 9.80 Å². The molecule has 0 atom stereocenters. The van der Waals surface area contributed by atoms with E-state index in [9.17, 15) is 0 Å². The Morgan fingerprint density at radius 1 is 0.558 bits per heavy atom. The predicted molar refractivity (Wildman–Crippen MR) is 222 cm³/mol. The van der Waals surface area contributed by atoms with Gasteiger partial charge in [-0.2, -0.15) is 0 Å². The number of hydrogen-bond acceptors (Lipinski definition) is 2. The third kappa shape index (κ3) is 4.91. The molecule has 2 aliphatic heterocycles. The fourth-order valence-electron chi connectivity index (χ4n) is 9.17. The zero-order valence-corrected chi connectivity index (χ0v) is 31.6. The molecule has 1 aliphatic carbocycles. The largest absolute Gasteiger partial charge is 0.314 e. The maximum atomic E-state index is 2.54. The van der Waals surface area contributed by atoms with Gasteiger partial charge in [-0.25, -0.2) is 0 Å². The van der Waals surface area contributed by atoms with Gasteiger partial charge in [-0.3, -0.25) is 0 Å². The lowest BCUT2D eigenvalue weighted by atomic mass is 9.66. The summed E-state index contributed by atoms with van der Waals surface area (Å²) in [6, 6.07) is 47.8. The summed E-state index contributed by atoms with van der Waals surface area (Å²) in [4.78, 5) is 5.03. The van der Waals surface area contributed by atoms with Crippen LogP contribution in [0.2, 0.25) is 0 Å². The highest BCUT2D eigenvalue weighted by Crippen LogP contribution is 2.60. The predicted octanol–water partition coefficient (Wildman–Crippen LogP) is 14.0. The molecule has 0 spiro atoms. The van der Waals surface area contributed by atoms with Crippen LogP contribution in [0.1, 0.15) is 83.6 Å². The Kier molecular flexibility index (Phi) is 7.25. The van der Waals surface area contributed by atoms with Crippen molar-refractivity contribution in [1.29, 1.82) is 0 Å². The van der Waals surface area contributed by atoms with Crippen LogP contribution in [0, 0.1) is 5.41 Å². The van der Waals surface area contributed by atoms with Crippen molar-refractivity contribution in [3.63, 3.8) is 0 Å². The number of para-hydroxylation sites is 2. The van der Waals surface area contributed by atoms with E-state index in [2.05, 4.69) is 198 Å². The molecule has 0 amide bonds. The highest BCUT2D eigenvalue weighted by atomic mass is 15.2. The van der Waals surface area contributed by atoms with E-state index in [0.29, 0.717) is 0 Å². The average Bonchev–Trinajstić information content (AvgIpc) is 3.15. The first kappa shape index (κ1) is 32.6. The Balaban J connectivity index is 1.14. The summed E-state index contributed by atoms with van der Waals surface area (Å²) in [5.74, 6) is 0. The lowest BCUT2D eigenvalue weighted by Gasteiger charge is -2.49. The Labute approximate surface area is 309 Å². The van der Waals surface area contributed by atoms with Crippen molar-refractivity contribution < 1.29 is 0 Å². The van der Waals surface area contributed by atoms with Gasteiger partial charge in [0, 0.05) is 27.6 Å². The molecule has 6 aromatic rings. The summed E-state index contributed by atoms with van der Waals surface area (Å²) in [5, 5.41) is 2.53. The monoisotopic (exact) mass is 676 g/mol. The van der Waals surface area contributed by atoms with Gasteiger partial charge in [-0.15, -0.1) is 0 Å². The SMILES string of the molecule is CC(C)(C)C1=CC=C(N(c2ccc(-c3ccc4c(c3)C(C)(C)c3cccc5c3N4c3ccccc3C5(C)C)cc2)c2cccc3ccccc23)CC1. The highest BCUT2D eigenvalue weighted by molar-refractivity contribution is 5.98. The summed E-state index contributed by atoms with van der Waals surface area (Å²) in [6.45, 7) is 16.5. The van der Waals surface area contributed by atoms with Crippen molar-refractivity contribution in [2.45, 2.75) is 72.1 Å². The van der Waals surface area contributed by atoms with Crippen LogP contribution in [-0.2, 0) is 10.8 Å². The third-order valence-electron chi connectivity index (χ3n) is 12.2. The van der Waals surface area contributed by atoms with Crippen molar-refractivity contribution >= 4 is 39.2 Å². The molecular formula is C50H48N2. The summed E-state index contributed by atoms with van der Waals surface area (Å²) in [5.41, 5.74) is 17.1. The first-order chi connectivity index (χ1) is 24.9. The molecule has 0 saturated heterocycles. The number of fused-ring (bicyclic) bond motifs is 5. The fourth-order valence-corrected chi connectivity index (χ4v) is 9.17. The quantitative estimate of drug-likeness (QED) is 0.183. The summed E-state index contributed by atoms with van der Waals surface area (Å²) < 4.78 is 0. The normalized spacial score (nSPS) is 16.7. The van der Waals surface area contributed by atoms with Gasteiger partial charge in [0.1, 0.15) is 0 Å². The second-order valence-electron chi connectivity index (χ2n) is 17.0. The minimum absolute atomic E-state index is 0.0769. The maximum absolute atomic E-state index is 2.54. The van der Waals surface area contributed by atoms with Crippen LogP contribution < -0.4 is 9.80 Å². The Hall–Kier alpha value is -5.34. The topological polar surface area (TPSA) is 6.48 Å². The van der Waals surface area contributed by atoms with Crippen LogP contribution in [0.3, 0.4) is 0 Å². The van der Waals surface area contributed by atoms with Crippen molar-refractivity contribution in [3.8, 4) is 11.1 Å². The van der Waals surface area contributed by atoms with E-state index >= 15 is 0 Å². The first-order valence-electron chi connectivity index (χ1n) is 18.9. The molecule has 9 rings (SSSR count). The summed E-state index contributed by atoms with van der Waals surface area (Å²) >= 11 is 0. The fraction of sp³-hybridized carbons (Fsp3) is 0.240. The minimum atomic E-state index is -0.159. The van der Waals surface area contributed by atoms with Crippen LogP contribution in [0.4, 0.5) is 28.4 Å². The van der Waals surface area contributed by atoms with Gasteiger partial charge in [-0.05, 0) is 99.5 Å². The van der Waals surface area contributed by atoms with Crippen LogP contribution in [-0.4, -0.2) is 0 Å². The molecule has 3 aliphatic rings. The van der Waals surface area contributed by atoms with Gasteiger partial charge in [0.15, 0.2) is 0 Å². The molecule has 0 fully saturated rings. The van der Waals surface area contributed by atoms with Gasteiger partial charge in [0.25, 0.3) is 0 Å². The number of anilines is 5. The van der Waals surface area contributed by atoms with Crippen LogP contribution in [0.25, 0.3) is 21.9 Å². The smallest absolute Gasteiger partial charge is 0.0543 e. The van der Waals surface area contributed by atoms with Gasteiger partial charge >= 0.3 is 0 Å². The molecule has 0 radical (unpaired) electrons. The van der Waals surface area contributed by atoms with Crippen LogP contribution >= 0.6 is 0 Å². The van der Waals surface area contributed by atoms with E-state index in [4.69, 9.17) is 0 Å². The Morgan fingerprint density at radius 2 is 1.17 bits per heavy atom. The molecular weight excluding hydrogens is 629 g/mol. The van der Waals surface area contributed by atoms with E-state index < -0.39 is 0 Å². The Bertz CT molecular complexity index is 2440. The van der Waals surface area contributed by atoms with Crippen molar-refractivity contribution in [2.24, 2.45) is 5.41 Å². The zero-order valence-electron chi connectivity index (χ0n) is 31.6. The third-order valence-corrected chi connectivity index (χ3v) is 12.2. The molecule has 6 aromatic carbocycles. The summed E-state index contributed by atoms with van der Waals surface area (Å²) in [6.07, 6.45) is 6.80. The lowest BCUT2D eigenvalue weighted by Crippen LogP contribution is -2.38. The number of hydrogen-bond donors (Lipinski definition) is 0. The second-order valence-corrected chi connectivity index (χ2v) is 17.0.